The average molecular weight is 229 g/mol. The summed E-state index contributed by atoms with van der Waals surface area (Å²) in [5, 5.41) is 3.48. The van der Waals surface area contributed by atoms with Crippen molar-refractivity contribution in [2.45, 2.75) is 31.4 Å². The predicted molar refractivity (Wildman–Crippen MR) is 69.8 cm³/mol. The van der Waals surface area contributed by atoms with Crippen molar-refractivity contribution in [1.29, 1.82) is 0 Å². The van der Waals surface area contributed by atoms with E-state index in [0.717, 1.165) is 25.6 Å². The Morgan fingerprint density at radius 1 is 1.47 bits per heavy atom. The molecular formula is C11H23N3S. The van der Waals surface area contributed by atoms with Crippen LogP contribution in [0.4, 0.5) is 0 Å². The van der Waals surface area contributed by atoms with Crippen molar-refractivity contribution < 1.29 is 0 Å². The maximum atomic E-state index is 4.44. The molecule has 3 nitrogen and oxygen atoms in total. The normalized spacial score (nSPS) is 16.8. The van der Waals surface area contributed by atoms with E-state index in [9.17, 15) is 0 Å². The Kier molecular flexibility index (Phi) is 4.77. The Bertz CT molecular complexity index is 216. The van der Waals surface area contributed by atoms with Crippen LogP contribution in [0.2, 0.25) is 0 Å². The van der Waals surface area contributed by atoms with Gasteiger partial charge in [0.2, 0.25) is 0 Å². The van der Waals surface area contributed by atoms with Gasteiger partial charge in [-0.2, -0.15) is 11.8 Å². The number of hydrogen-bond donors (Lipinski definition) is 1. The van der Waals surface area contributed by atoms with Crippen molar-refractivity contribution in [2.75, 3.05) is 32.9 Å². The van der Waals surface area contributed by atoms with Gasteiger partial charge in [-0.05, 0) is 19.1 Å². The predicted octanol–water partition coefficient (Wildman–Crippen LogP) is 1.80. The van der Waals surface area contributed by atoms with Gasteiger partial charge in [0.05, 0.1) is 6.54 Å². The molecule has 4 heteroatoms. The highest BCUT2D eigenvalue weighted by molar-refractivity contribution is 8.00. The summed E-state index contributed by atoms with van der Waals surface area (Å²) in [6, 6.07) is 0. The zero-order valence-corrected chi connectivity index (χ0v) is 11.2. The molecule has 0 unspecified atom stereocenters. The summed E-state index contributed by atoms with van der Waals surface area (Å²) in [6.45, 7) is 7.53. The van der Waals surface area contributed by atoms with Crippen molar-refractivity contribution >= 4 is 17.7 Å². The first-order valence-corrected chi connectivity index (χ1v) is 6.94. The second-order valence-electron chi connectivity index (χ2n) is 4.07. The fourth-order valence-electron chi connectivity index (χ4n) is 1.82. The van der Waals surface area contributed by atoms with Crippen LogP contribution in [0.3, 0.4) is 0 Å². The number of thioether (sulfide) groups is 1. The smallest absolute Gasteiger partial charge is 0.193 e. The highest BCUT2D eigenvalue weighted by Gasteiger charge is 2.26. The number of hydrogen-bond acceptors (Lipinski definition) is 4. The Morgan fingerprint density at radius 3 is 2.53 bits per heavy atom. The Balaban J connectivity index is 2.46. The van der Waals surface area contributed by atoms with E-state index < -0.39 is 0 Å². The third-order valence-corrected chi connectivity index (χ3v) is 4.94. The Hall–Kier alpha value is -0.380. The highest BCUT2D eigenvalue weighted by atomic mass is 32.2. The fourth-order valence-corrected chi connectivity index (χ4v) is 2.62. The first-order chi connectivity index (χ1) is 7.17. The lowest BCUT2D eigenvalue weighted by Gasteiger charge is -2.31. The monoisotopic (exact) mass is 229 g/mol. The number of nitrogens with one attached hydrogen (secondary N) is 1. The minimum Gasteiger partial charge on any atom is -0.355 e. The van der Waals surface area contributed by atoms with E-state index in [1.165, 1.54) is 12.8 Å². The zero-order valence-electron chi connectivity index (χ0n) is 10.3. The van der Waals surface area contributed by atoms with E-state index in [1.807, 2.05) is 11.8 Å². The SMILES string of the molecule is CCC(CC)(CNC1=NCCN1C)SC. The molecule has 1 rings (SSSR count). The average Bonchev–Trinajstić information content (AvgIpc) is 2.67. The minimum absolute atomic E-state index is 0.367. The van der Waals surface area contributed by atoms with Crippen molar-refractivity contribution in [3.63, 3.8) is 0 Å². The molecule has 0 amide bonds. The van der Waals surface area contributed by atoms with Crippen molar-refractivity contribution in [3.8, 4) is 0 Å². The molecule has 0 saturated carbocycles. The number of nitrogens with zero attached hydrogens (tertiary/aromatic N) is 2. The fraction of sp³-hybridized carbons (Fsp3) is 0.909. The van der Waals surface area contributed by atoms with Gasteiger partial charge in [0.15, 0.2) is 5.96 Å². The Morgan fingerprint density at radius 2 is 2.13 bits per heavy atom. The van der Waals surface area contributed by atoms with Crippen molar-refractivity contribution in [1.82, 2.24) is 10.2 Å². The quantitative estimate of drug-likeness (QED) is 0.779. The Labute approximate surface area is 97.7 Å². The molecule has 88 valence electrons. The van der Waals surface area contributed by atoms with Gasteiger partial charge < -0.3 is 10.2 Å². The summed E-state index contributed by atoms with van der Waals surface area (Å²) < 4.78 is 0.367. The lowest BCUT2D eigenvalue weighted by Crippen LogP contribution is -2.44. The molecule has 1 heterocycles. The van der Waals surface area contributed by atoms with Crippen LogP contribution in [0.25, 0.3) is 0 Å². The molecule has 0 spiro atoms. The largest absolute Gasteiger partial charge is 0.355 e. The minimum atomic E-state index is 0.367. The summed E-state index contributed by atoms with van der Waals surface area (Å²) in [5.41, 5.74) is 0. The molecule has 1 aliphatic rings. The molecular weight excluding hydrogens is 206 g/mol. The molecule has 0 aliphatic carbocycles. The molecule has 15 heavy (non-hydrogen) atoms. The molecule has 0 atom stereocenters. The molecule has 1 aliphatic heterocycles. The summed E-state index contributed by atoms with van der Waals surface area (Å²) in [6.07, 6.45) is 4.61. The van der Waals surface area contributed by atoms with Gasteiger partial charge in [0, 0.05) is 24.9 Å². The molecule has 0 aromatic rings. The molecule has 0 aromatic carbocycles. The van der Waals surface area contributed by atoms with Gasteiger partial charge in [0.1, 0.15) is 0 Å². The standard InChI is InChI=1S/C11H23N3S/c1-5-11(6-2,15-4)9-13-10-12-7-8-14(10)3/h5-9H2,1-4H3,(H,12,13). The van der Waals surface area contributed by atoms with Crippen LogP contribution >= 0.6 is 11.8 Å². The zero-order chi connectivity index (χ0) is 11.3. The van der Waals surface area contributed by atoms with Crippen LogP contribution in [0.1, 0.15) is 26.7 Å². The van der Waals surface area contributed by atoms with E-state index in [-0.39, 0.29) is 0 Å². The van der Waals surface area contributed by atoms with Gasteiger partial charge in [-0.25, -0.2) is 0 Å². The number of rotatable bonds is 5. The van der Waals surface area contributed by atoms with E-state index in [0.29, 0.717) is 4.75 Å². The first kappa shape index (κ1) is 12.7. The number of aliphatic imine (C=N–C) groups is 1. The second kappa shape index (κ2) is 5.64. The number of guanidine groups is 1. The molecule has 0 saturated heterocycles. The van der Waals surface area contributed by atoms with Crippen molar-refractivity contribution in [3.05, 3.63) is 0 Å². The van der Waals surface area contributed by atoms with Crippen LogP contribution in [0.5, 0.6) is 0 Å². The van der Waals surface area contributed by atoms with Crippen LogP contribution in [0, 0.1) is 0 Å². The van der Waals surface area contributed by atoms with Crippen LogP contribution in [-0.4, -0.2) is 48.5 Å². The van der Waals surface area contributed by atoms with Crippen molar-refractivity contribution in [2.24, 2.45) is 4.99 Å². The second-order valence-corrected chi connectivity index (χ2v) is 5.35. The topological polar surface area (TPSA) is 27.6 Å². The molecule has 0 bridgehead atoms. The van der Waals surface area contributed by atoms with E-state index in [1.54, 1.807) is 0 Å². The van der Waals surface area contributed by atoms with Crippen LogP contribution < -0.4 is 5.32 Å². The molecule has 0 radical (unpaired) electrons. The molecule has 0 aromatic heterocycles. The first-order valence-electron chi connectivity index (χ1n) is 5.72. The van der Waals surface area contributed by atoms with Gasteiger partial charge in [0.25, 0.3) is 0 Å². The highest BCUT2D eigenvalue weighted by Crippen LogP contribution is 2.29. The van der Waals surface area contributed by atoms with Crippen LogP contribution in [0.15, 0.2) is 4.99 Å². The summed E-state index contributed by atoms with van der Waals surface area (Å²) in [5.74, 6) is 1.07. The lowest BCUT2D eigenvalue weighted by molar-refractivity contribution is 0.497. The van der Waals surface area contributed by atoms with Crippen LogP contribution in [-0.2, 0) is 0 Å². The molecule has 0 fully saturated rings. The summed E-state index contributed by atoms with van der Waals surface area (Å²) >= 11 is 1.97. The third-order valence-electron chi connectivity index (χ3n) is 3.35. The van der Waals surface area contributed by atoms with Gasteiger partial charge in [-0.3, -0.25) is 4.99 Å². The third kappa shape index (κ3) is 3.03. The van der Waals surface area contributed by atoms with Gasteiger partial charge in [-0.1, -0.05) is 13.8 Å². The van der Waals surface area contributed by atoms with Gasteiger partial charge >= 0.3 is 0 Å². The van der Waals surface area contributed by atoms with E-state index in [2.05, 4.69) is 42.4 Å². The number of likely N-dealkylation sites (N-methyl/N-ethyl adjacent to an activating group) is 1. The maximum Gasteiger partial charge on any atom is 0.193 e. The van der Waals surface area contributed by atoms with E-state index >= 15 is 0 Å². The molecule has 1 N–H and O–H groups in total. The maximum absolute atomic E-state index is 4.44. The lowest BCUT2D eigenvalue weighted by atomic mass is 10.0. The van der Waals surface area contributed by atoms with E-state index in [4.69, 9.17) is 0 Å². The van der Waals surface area contributed by atoms with Gasteiger partial charge in [-0.15, -0.1) is 0 Å². The summed E-state index contributed by atoms with van der Waals surface area (Å²) in [4.78, 5) is 6.64. The summed E-state index contributed by atoms with van der Waals surface area (Å²) in [7, 11) is 2.09.